The fraction of sp³-hybridized carbons (Fsp3) is 0.526. The summed E-state index contributed by atoms with van der Waals surface area (Å²) in [6.45, 7) is 11.1. The van der Waals surface area contributed by atoms with Crippen molar-refractivity contribution >= 4 is 20.2 Å². The van der Waals surface area contributed by atoms with Gasteiger partial charge in [0.2, 0.25) is 0 Å². The molecule has 0 aliphatic heterocycles. The van der Waals surface area contributed by atoms with E-state index in [0.717, 1.165) is 0 Å². The van der Waals surface area contributed by atoms with Crippen LogP contribution in [0.4, 0.5) is 0 Å². The summed E-state index contributed by atoms with van der Waals surface area (Å²) in [5, 5.41) is 11.6. The van der Waals surface area contributed by atoms with Crippen molar-refractivity contribution < 1.29 is 18.8 Å². The molecule has 1 aromatic carbocycles. The highest BCUT2D eigenvalue weighted by Gasteiger charge is 2.37. The average molecular weight is 377 g/mol. The summed E-state index contributed by atoms with van der Waals surface area (Å²) in [7, 11) is -0.637. The molecule has 142 valence electrons. The minimum absolute atomic E-state index is 0.0689. The van der Waals surface area contributed by atoms with Crippen LogP contribution in [0.1, 0.15) is 43.1 Å². The molecule has 0 saturated heterocycles. The quantitative estimate of drug-likeness (QED) is 0.583. The molecule has 26 heavy (non-hydrogen) atoms. The minimum Gasteiger partial charge on any atom is -0.467 e. The highest BCUT2D eigenvalue weighted by Crippen LogP contribution is 2.36. The number of hydrogen-bond acceptors (Lipinski definition) is 5. The molecule has 0 heterocycles. The van der Waals surface area contributed by atoms with Crippen molar-refractivity contribution in [2.45, 2.75) is 51.4 Å². The van der Waals surface area contributed by atoms with Gasteiger partial charge in [-0.05, 0) is 42.4 Å². The molecule has 0 aromatic heterocycles. The first kappa shape index (κ1) is 21.9. The molecule has 1 N–H and O–H groups in total. The Labute approximate surface area is 156 Å². The van der Waals surface area contributed by atoms with Gasteiger partial charge in [0, 0.05) is 18.6 Å². The number of ether oxygens (including phenoxy) is 1. The van der Waals surface area contributed by atoms with Gasteiger partial charge in [0.05, 0.1) is 18.7 Å². The third kappa shape index (κ3) is 5.97. The van der Waals surface area contributed by atoms with Crippen molar-refractivity contribution in [3.8, 4) is 6.07 Å². The molecule has 1 atom stereocenters. The number of carbonyl (C=O) groups is 2. The van der Waals surface area contributed by atoms with Crippen LogP contribution >= 0.6 is 0 Å². The Hall–Kier alpha value is -2.17. The molecule has 0 spiro atoms. The first-order chi connectivity index (χ1) is 12.0. The van der Waals surface area contributed by atoms with Crippen molar-refractivity contribution in [2.75, 3.05) is 13.7 Å². The molecule has 0 aliphatic carbocycles. The lowest BCUT2D eigenvalue weighted by atomic mass is 10.1. The predicted molar refractivity (Wildman–Crippen MR) is 102 cm³/mol. The maximum Gasteiger partial charge on any atom is 0.328 e. The van der Waals surface area contributed by atoms with E-state index in [4.69, 9.17) is 14.4 Å². The number of nitriles is 1. The topological polar surface area (TPSA) is 88.4 Å². The monoisotopic (exact) mass is 376 g/mol. The first-order valence-electron chi connectivity index (χ1n) is 8.54. The second-order valence-corrected chi connectivity index (χ2v) is 12.4. The Morgan fingerprint density at radius 3 is 2.27 bits per heavy atom. The molecule has 1 aromatic rings. The Balaban J connectivity index is 2.73. The van der Waals surface area contributed by atoms with E-state index < -0.39 is 26.2 Å². The summed E-state index contributed by atoms with van der Waals surface area (Å²) >= 11 is 0. The molecule has 1 rings (SSSR count). The lowest BCUT2D eigenvalue weighted by molar-refractivity contribution is -0.143. The van der Waals surface area contributed by atoms with Crippen LogP contribution in [0.3, 0.4) is 0 Å². The maximum atomic E-state index is 12.4. The minimum atomic E-state index is -1.93. The summed E-state index contributed by atoms with van der Waals surface area (Å²) in [6.07, 6.45) is 0.335. The molecular formula is C19H28N2O4Si. The van der Waals surface area contributed by atoms with Crippen LogP contribution in [-0.4, -0.2) is 40.0 Å². The molecule has 0 unspecified atom stereocenters. The fourth-order valence-corrected chi connectivity index (χ4v) is 3.04. The normalized spacial score (nSPS) is 12.8. The van der Waals surface area contributed by atoms with Crippen molar-refractivity contribution in [3.05, 3.63) is 35.4 Å². The molecule has 0 radical (unpaired) electrons. The van der Waals surface area contributed by atoms with Gasteiger partial charge in [-0.25, -0.2) is 4.79 Å². The number of rotatable bonds is 7. The summed E-state index contributed by atoms with van der Waals surface area (Å²) in [4.78, 5) is 24.4. The largest absolute Gasteiger partial charge is 0.467 e. The van der Waals surface area contributed by atoms with Crippen LogP contribution in [0, 0.1) is 11.3 Å². The number of methoxy groups -OCH3 is 1. The Morgan fingerprint density at radius 2 is 1.81 bits per heavy atom. The van der Waals surface area contributed by atoms with E-state index in [-0.39, 0.29) is 5.04 Å². The second-order valence-electron chi connectivity index (χ2n) is 7.64. The van der Waals surface area contributed by atoms with Crippen LogP contribution in [0.5, 0.6) is 0 Å². The zero-order valence-electron chi connectivity index (χ0n) is 16.4. The van der Waals surface area contributed by atoms with E-state index in [0.29, 0.717) is 24.2 Å². The molecule has 1 amide bonds. The zero-order chi connectivity index (χ0) is 20.0. The lowest BCUT2D eigenvalue weighted by Gasteiger charge is -2.36. The number of amides is 1. The third-order valence-electron chi connectivity index (χ3n) is 4.74. The van der Waals surface area contributed by atoms with Gasteiger partial charge in [-0.1, -0.05) is 20.8 Å². The van der Waals surface area contributed by atoms with Gasteiger partial charge in [-0.3, -0.25) is 4.79 Å². The molecule has 0 bridgehead atoms. The maximum absolute atomic E-state index is 12.4. The Morgan fingerprint density at radius 1 is 1.23 bits per heavy atom. The Bertz CT molecular complexity index is 672. The summed E-state index contributed by atoms with van der Waals surface area (Å²) in [5.74, 6) is -0.900. The molecule has 6 nitrogen and oxygen atoms in total. The van der Waals surface area contributed by atoms with Gasteiger partial charge in [0.25, 0.3) is 5.91 Å². The zero-order valence-corrected chi connectivity index (χ0v) is 17.4. The van der Waals surface area contributed by atoms with Crippen LogP contribution in [0.15, 0.2) is 24.3 Å². The van der Waals surface area contributed by atoms with Crippen LogP contribution in [-0.2, 0) is 14.0 Å². The van der Waals surface area contributed by atoms with Gasteiger partial charge in [0.1, 0.15) is 6.04 Å². The van der Waals surface area contributed by atoms with Crippen LogP contribution < -0.4 is 5.32 Å². The SMILES string of the molecule is COC(=O)[C@@H](CCO[Si](C)(C)C(C)(C)C)NC(=O)c1ccc(C#N)cc1. The summed E-state index contributed by atoms with van der Waals surface area (Å²) in [5.41, 5.74) is 0.844. The number of hydrogen-bond donors (Lipinski definition) is 1. The Kier molecular flexibility index (Phi) is 7.54. The number of esters is 1. The molecule has 0 aliphatic rings. The third-order valence-corrected chi connectivity index (χ3v) is 9.28. The lowest BCUT2D eigenvalue weighted by Crippen LogP contribution is -2.45. The van der Waals surface area contributed by atoms with E-state index in [1.807, 2.05) is 6.07 Å². The van der Waals surface area contributed by atoms with E-state index in [1.54, 1.807) is 24.3 Å². The summed E-state index contributed by atoms with van der Waals surface area (Å²) in [6, 6.07) is 7.43. The van der Waals surface area contributed by atoms with Crippen LogP contribution in [0.25, 0.3) is 0 Å². The van der Waals surface area contributed by atoms with E-state index in [9.17, 15) is 9.59 Å². The van der Waals surface area contributed by atoms with Crippen molar-refractivity contribution in [3.63, 3.8) is 0 Å². The first-order valence-corrected chi connectivity index (χ1v) is 11.5. The van der Waals surface area contributed by atoms with Gasteiger partial charge >= 0.3 is 5.97 Å². The van der Waals surface area contributed by atoms with Gasteiger partial charge < -0.3 is 14.5 Å². The van der Waals surface area contributed by atoms with Crippen molar-refractivity contribution in [2.24, 2.45) is 0 Å². The molecule has 0 saturated carbocycles. The van der Waals surface area contributed by atoms with Crippen LogP contribution in [0.2, 0.25) is 18.1 Å². The van der Waals surface area contributed by atoms with Crippen molar-refractivity contribution in [1.29, 1.82) is 5.26 Å². The fourth-order valence-electron chi connectivity index (χ4n) is 1.98. The van der Waals surface area contributed by atoms with E-state index in [2.05, 4.69) is 39.2 Å². The predicted octanol–water partition coefficient (Wildman–Crippen LogP) is 3.24. The highest BCUT2D eigenvalue weighted by molar-refractivity contribution is 6.74. The standard InChI is InChI=1S/C19H28N2O4Si/c1-19(2,3)26(5,6)25-12-11-16(18(23)24-4)21-17(22)15-9-7-14(13-20)8-10-15/h7-10,16H,11-12H2,1-6H3,(H,21,22)/t16-/m1/s1. The smallest absolute Gasteiger partial charge is 0.328 e. The molecule has 0 fully saturated rings. The summed E-state index contributed by atoms with van der Waals surface area (Å²) < 4.78 is 10.9. The van der Waals surface area contributed by atoms with Gasteiger partial charge in [-0.2, -0.15) is 5.26 Å². The number of carbonyl (C=O) groups excluding carboxylic acids is 2. The van der Waals surface area contributed by atoms with Gasteiger partial charge in [0.15, 0.2) is 8.32 Å². The molecule has 7 heteroatoms. The number of nitrogens with one attached hydrogen (secondary N) is 1. The second kappa shape index (κ2) is 8.97. The average Bonchev–Trinajstić information content (AvgIpc) is 2.59. The van der Waals surface area contributed by atoms with E-state index in [1.165, 1.54) is 7.11 Å². The highest BCUT2D eigenvalue weighted by atomic mass is 28.4. The molecular weight excluding hydrogens is 348 g/mol. The number of benzene rings is 1. The van der Waals surface area contributed by atoms with Crippen molar-refractivity contribution in [1.82, 2.24) is 5.32 Å². The van der Waals surface area contributed by atoms with E-state index >= 15 is 0 Å². The van der Waals surface area contributed by atoms with Gasteiger partial charge in [-0.15, -0.1) is 0 Å². The number of nitrogens with zero attached hydrogens (tertiary/aromatic N) is 1.